The van der Waals surface area contributed by atoms with Crippen LogP contribution in [0.4, 0.5) is 9.59 Å². The van der Waals surface area contributed by atoms with Gasteiger partial charge in [0.05, 0.1) is 20.2 Å². The van der Waals surface area contributed by atoms with E-state index in [1.165, 1.54) is 0 Å². The third-order valence-electron chi connectivity index (χ3n) is 9.78. The number of hydrogen-bond acceptors (Lipinski definition) is 8. The number of ether oxygens (including phenoxy) is 2. The van der Waals surface area contributed by atoms with Crippen molar-refractivity contribution in [1.82, 2.24) is 35.4 Å². The van der Waals surface area contributed by atoms with E-state index >= 15 is 0 Å². The minimum absolute atomic E-state index is 0.0552. The van der Waals surface area contributed by atoms with E-state index in [0.29, 0.717) is 25.4 Å². The number of likely N-dealkylation sites (N-methyl/N-ethyl adjacent to an activating group) is 1. The maximum absolute atomic E-state index is 14.5. The average Bonchev–Trinajstić information content (AvgIpc) is 3.47. The molecule has 0 spiro atoms. The van der Waals surface area contributed by atoms with Crippen LogP contribution in [-0.2, 0) is 29.1 Å². The van der Waals surface area contributed by atoms with Crippen LogP contribution in [0.15, 0.2) is 91.0 Å². The van der Waals surface area contributed by atoms with E-state index in [4.69, 9.17) is 9.47 Å². The Bertz CT molecular complexity index is 1950. The highest BCUT2D eigenvalue weighted by molar-refractivity contribution is 5.92. The number of methoxy groups -OCH3 is 1. The Morgan fingerprint density at radius 2 is 1.56 bits per heavy atom. The van der Waals surface area contributed by atoms with Crippen LogP contribution >= 0.6 is 0 Å². The van der Waals surface area contributed by atoms with Crippen LogP contribution in [0.5, 0.6) is 11.5 Å². The molecule has 284 valence electrons. The van der Waals surface area contributed by atoms with Crippen LogP contribution < -0.4 is 20.1 Å². The molecule has 0 bridgehead atoms. The Hall–Kier alpha value is -5.66. The number of amides is 5. The second-order valence-corrected chi connectivity index (χ2v) is 14.2. The molecule has 0 saturated carbocycles. The van der Waals surface area contributed by atoms with Crippen molar-refractivity contribution in [3.05, 3.63) is 108 Å². The number of nitrogens with zero attached hydrogens (tertiary/aromatic N) is 5. The number of rotatable bonds is 13. The Kier molecular flexibility index (Phi) is 12.0. The molecule has 2 aliphatic rings. The summed E-state index contributed by atoms with van der Waals surface area (Å²) >= 11 is 0. The maximum Gasteiger partial charge on any atom is 0.412 e. The van der Waals surface area contributed by atoms with Gasteiger partial charge in [-0.1, -0.05) is 66.7 Å². The number of urea groups is 1. The molecule has 0 aliphatic carbocycles. The number of benzene rings is 4. The molecule has 0 unspecified atom stereocenters. The predicted octanol–water partition coefficient (Wildman–Crippen LogP) is 4.46. The van der Waals surface area contributed by atoms with Gasteiger partial charge in [-0.3, -0.25) is 14.6 Å². The fraction of sp³-hybridized carbons (Fsp3) is 0.366. The molecule has 2 saturated heterocycles. The van der Waals surface area contributed by atoms with Crippen molar-refractivity contribution in [3.8, 4) is 11.5 Å². The molecular weight excluding hydrogens is 686 g/mol. The van der Waals surface area contributed by atoms with Crippen LogP contribution in [0.1, 0.15) is 30.5 Å². The summed E-state index contributed by atoms with van der Waals surface area (Å²) in [5.41, 5.74) is 2.69. The normalized spacial score (nSPS) is 17.2. The molecule has 0 radical (unpaired) electrons. The van der Waals surface area contributed by atoms with Gasteiger partial charge in [-0.2, -0.15) is 5.01 Å². The zero-order chi connectivity index (χ0) is 38.4. The minimum Gasteiger partial charge on any atom is -0.497 e. The summed E-state index contributed by atoms with van der Waals surface area (Å²) in [4.78, 5) is 60.1. The monoisotopic (exact) mass is 735 g/mol. The molecule has 13 nitrogen and oxygen atoms in total. The fourth-order valence-electron chi connectivity index (χ4n) is 7.09. The zero-order valence-corrected chi connectivity index (χ0v) is 31.5. The van der Waals surface area contributed by atoms with Gasteiger partial charge in [0.25, 0.3) is 0 Å². The van der Waals surface area contributed by atoms with E-state index in [0.717, 1.165) is 33.2 Å². The predicted molar refractivity (Wildman–Crippen MR) is 205 cm³/mol. The number of nitrogens with one attached hydrogen (secondary N) is 2. The summed E-state index contributed by atoms with van der Waals surface area (Å²) in [7, 11) is 5.44. The van der Waals surface area contributed by atoms with Gasteiger partial charge in [0.15, 0.2) is 0 Å². The molecule has 4 aromatic rings. The van der Waals surface area contributed by atoms with Crippen molar-refractivity contribution >= 4 is 34.7 Å². The Morgan fingerprint density at radius 1 is 0.870 bits per heavy atom. The van der Waals surface area contributed by atoms with Crippen LogP contribution in [0.25, 0.3) is 10.8 Å². The van der Waals surface area contributed by atoms with Gasteiger partial charge in [0, 0.05) is 38.6 Å². The molecule has 2 heterocycles. The summed E-state index contributed by atoms with van der Waals surface area (Å²) in [6.45, 7) is 5.73. The summed E-state index contributed by atoms with van der Waals surface area (Å²) in [6, 6.07) is 27.1. The van der Waals surface area contributed by atoms with Crippen molar-refractivity contribution in [1.29, 1.82) is 0 Å². The molecule has 6 rings (SSSR count). The van der Waals surface area contributed by atoms with Gasteiger partial charge in [-0.25, -0.2) is 9.59 Å². The summed E-state index contributed by atoms with van der Waals surface area (Å²) in [5.74, 6) is 0.686. The number of piperazine rings is 1. The first-order valence-corrected chi connectivity index (χ1v) is 18.2. The summed E-state index contributed by atoms with van der Waals surface area (Å²) < 4.78 is 10.7. The highest BCUT2D eigenvalue weighted by Crippen LogP contribution is 2.32. The van der Waals surface area contributed by atoms with Crippen molar-refractivity contribution in [3.63, 3.8) is 0 Å². The lowest BCUT2D eigenvalue weighted by molar-refractivity contribution is -0.158. The molecule has 2 fully saturated rings. The van der Waals surface area contributed by atoms with Crippen molar-refractivity contribution in [2.45, 2.75) is 51.6 Å². The van der Waals surface area contributed by atoms with E-state index in [2.05, 4.69) is 10.6 Å². The Balaban J connectivity index is 1.25. The number of carbonyl (C=O) groups is 4. The van der Waals surface area contributed by atoms with Gasteiger partial charge in [-0.15, -0.1) is 0 Å². The van der Waals surface area contributed by atoms with E-state index in [1.54, 1.807) is 46.3 Å². The van der Waals surface area contributed by atoms with Crippen LogP contribution in [0.2, 0.25) is 0 Å². The molecule has 0 aromatic heterocycles. The summed E-state index contributed by atoms with van der Waals surface area (Å²) in [6.07, 6.45) is -0.899. The van der Waals surface area contributed by atoms with Gasteiger partial charge in [-0.05, 0) is 79.7 Å². The lowest BCUT2D eigenvalue weighted by Crippen LogP contribution is -2.66. The topological polar surface area (TPSA) is 127 Å². The molecule has 4 aromatic carbocycles. The lowest BCUT2D eigenvalue weighted by atomic mass is 9.99. The van der Waals surface area contributed by atoms with Crippen molar-refractivity contribution < 1.29 is 28.7 Å². The second-order valence-electron chi connectivity index (χ2n) is 14.2. The second kappa shape index (κ2) is 17.0. The van der Waals surface area contributed by atoms with E-state index in [1.807, 2.05) is 104 Å². The number of hydrogen-bond donors (Lipinski definition) is 2. The summed E-state index contributed by atoms with van der Waals surface area (Å²) in [5, 5.41) is 11.3. The fourth-order valence-corrected chi connectivity index (χ4v) is 7.09. The highest BCUT2D eigenvalue weighted by Gasteiger charge is 2.52. The molecule has 13 heteroatoms. The molecule has 2 atom stereocenters. The first kappa shape index (κ1) is 38.1. The number of fused-ring (bicyclic) bond motifs is 2. The Morgan fingerprint density at radius 3 is 2.26 bits per heavy atom. The molecule has 2 aliphatic heterocycles. The molecule has 54 heavy (non-hydrogen) atoms. The van der Waals surface area contributed by atoms with Gasteiger partial charge < -0.3 is 34.8 Å². The standard InChI is InChI=1S/C41H49N7O6/c1-28(2)48(40(51)43-24-30-15-17-33(53-5)18-16-30)46-27-38(49)47-36(23-29-13-19-34(20-14-29)54-41(52)42-21-22-44(3)4)39(50)45(26-37(46)47)25-32-11-8-10-31-9-6-7-12-35(31)32/h6-20,28,36-37H,21-27H2,1-5H3,(H,42,52)(H,43,51)/t36-,37+/m0/s1. The van der Waals surface area contributed by atoms with Crippen LogP contribution in [0, 0.1) is 0 Å². The Labute approximate surface area is 316 Å². The molecular formula is C41H49N7O6. The number of carbonyl (C=O) groups excluding carboxylic acids is 4. The van der Waals surface area contributed by atoms with Crippen molar-refractivity contribution in [2.75, 3.05) is 47.4 Å². The van der Waals surface area contributed by atoms with E-state index in [-0.39, 0.29) is 49.9 Å². The van der Waals surface area contributed by atoms with Gasteiger partial charge in [0.1, 0.15) is 23.7 Å². The first-order chi connectivity index (χ1) is 26.0. The quantitative estimate of drug-likeness (QED) is 0.206. The SMILES string of the molecule is COc1ccc(CNC(=O)N(C(C)C)N2CC(=O)N3[C@@H](Cc4ccc(OC(=O)NCCN(C)C)cc4)C(=O)N(Cc4cccc5ccccc45)C[C@@H]32)cc1. The van der Waals surface area contributed by atoms with E-state index < -0.39 is 18.3 Å². The van der Waals surface area contributed by atoms with Crippen molar-refractivity contribution in [2.24, 2.45) is 0 Å². The third-order valence-corrected chi connectivity index (χ3v) is 9.78. The maximum atomic E-state index is 14.5. The zero-order valence-electron chi connectivity index (χ0n) is 31.5. The number of hydrazine groups is 1. The highest BCUT2D eigenvalue weighted by atomic mass is 16.6. The molecule has 5 amide bonds. The van der Waals surface area contributed by atoms with E-state index in [9.17, 15) is 19.2 Å². The van der Waals surface area contributed by atoms with Crippen LogP contribution in [-0.4, -0.2) is 114 Å². The largest absolute Gasteiger partial charge is 0.497 e. The van der Waals surface area contributed by atoms with Crippen LogP contribution in [0.3, 0.4) is 0 Å². The lowest BCUT2D eigenvalue weighted by Gasteiger charge is -2.47. The smallest absolute Gasteiger partial charge is 0.412 e. The average molecular weight is 736 g/mol. The molecule has 2 N–H and O–H groups in total. The minimum atomic E-state index is -0.825. The first-order valence-electron chi connectivity index (χ1n) is 18.2. The van der Waals surface area contributed by atoms with Gasteiger partial charge >= 0.3 is 12.1 Å². The van der Waals surface area contributed by atoms with Gasteiger partial charge in [0.2, 0.25) is 11.8 Å². The third kappa shape index (κ3) is 8.75.